The van der Waals surface area contributed by atoms with Crippen molar-refractivity contribution in [3.63, 3.8) is 0 Å². The van der Waals surface area contributed by atoms with E-state index >= 15 is 0 Å². The van der Waals surface area contributed by atoms with Crippen molar-refractivity contribution in [2.45, 2.75) is 12.6 Å². The van der Waals surface area contributed by atoms with Gasteiger partial charge in [0.05, 0.1) is 10.6 Å². The third kappa shape index (κ3) is 4.08. The van der Waals surface area contributed by atoms with Crippen LogP contribution in [-0.4, -0.2) is 5.78 Å². The second kappa shape index (κ2) is 6.20. The van der Waals surface area contributed by atoms with Crippen molar-refractivity contribution in [3.8, 4) is 0 Å². The van der Waals surface area contributed by atoms with E-state index in [4.69, 9.17) is 11.6 Å². The molecule has 0 aliphatic carbocycles. The predicted molar refractivity (Wildman–Crippen MR) is 78.6 cm³/mol. The summed E-state index contributed by atoms with van der Waals surface area (Å²) in [5.74, 6) is -0.249. The Balaban J connectivity index is 2.18. The molecule has 0 radical (unpaired) electrons. The zero-order valence-electron chi connectivity index (χ0n) is 10.5. The summed E-state index contributed by atoms with van der Waals surface area (Å²) in [6, 6.07) is 9.41. The largest absolute Gasteiger partial charge is 0.416 e. The number of Topliss-reactive ketones (excluding diaryl/α,β-unsaturated/α-hetero) is 1. The van der Waals surface area contributed by atoms with Crippen LogP contribution in [-0.2, 0) is 12.6 Å². The first-order valence-electron chi connectivity index (χ1n) is 5.92. The lowest BCUT2D eigenvalue weighted by molar-refractivity contribution is -0.137. The molecule has 0 fully saturated rings. The van der Waals surface area contributed by atoms with Crippen molar-refractivity contribution in [1.29, 1.82) is 0 Å². The number of hydrogen-bond acceptors (Lipinski definition) is 1. The van der Waals surface area contributed by atoms with E-state index in [1.807, 2.05) is 0 Å². The summed E-state index contributed by atoms with van der Waals surface area (Å²) in [6.07, 6.45) is -4.38. The van der Waals surface area contributed by atoms with Crippen molar-refractivity contribution < 1.29 is 18.0 Å². The maximum Gasteiger partial charge on any atom is 0.416 e. The Kier molecular flexibility index (Phi) is 4.74. The molecule has 2 aromatic carbocycles. The Hall–Kier alpha value is -1.33. The van der Waals surface area contributed by atoms with E-state index < -0.39 is 11.7 Å². The molecule has 0 aromatic heterocycles. The van der Waals surface area contributed by atoms with Gasteiger partial charge in [-0.05, 0) is 35.9 Å². The maximum atomic E-state index is 12.5. The summed E-state index contributed by atoms with van der Waals surface area (Å²) in [5, 5.41) is 0.315. The van der Waals surface area contributed by atoms with Crippen LogP contribution in [0.4, 0.5) is 13.2 Å². The van der Waals surface area contributed by atoms with Gasteiger partial charge < -0.3 is 0 Å². The Labute approximate surface area is 132 Å². The number of hydrogen-bond donors (Lipinski definition) is 0. The summed E-state index contributed by atoms with van der Waals surface area (Å²) in [7, 11) is 0. The SMILES string of the molecule is O=C(Cc1ccc(C(F)(F)F)cc1)c1cc(Br)ccc1Cl. The van der Waals surface area contributed by atoms with Crippen LogP contribution in [0.5, 0.6) is 0 Å². The minimum Gasteiger partial charge on any atom is -0.294 e. The molecule has 2 aromatic rings. The summed E-state index contributed by atoms with van der Waals surface area (Å²) in [5.41, 5.74) is 0.106. The Morgan fingerprint density at radius 1 is 1.10 bits per heavy atom. The van der Waals surface area contributed by atoms with Crippen molar-refractivity contribution in [1.82, 2.24) is 0 Å². The Morgan fingerprint density at radius 2 is 1.71 bits per heavy atom. The lowest BCUT2D eigenvalue weighted by Gasteiger charge is -2.08. The van der Waals surface area contributed by atoms with Gasteiger partial charge in [-0.2, -0.15) is 13.2 Å². The van der Waals surface area contributed by atoms with Gasteiger partial charge in [-0.25, -0.2) is 0 Å². The van der Waals surface area contributed by atoms with Crippen molar-refractivity contribution in [3.05, 3.63) is 68.7 Å². The molecular formula is C15H9BrClF3O. The summed E-state index contributed by atoms with van der Waals surface area (Å²) in [6.45, 7) is 0. The van der Waals surface area contributed by atoms with Crippen LogP contribution >= 0.6 is 27.5 Å². The normalized spacial score (nSPS) is 11.5. The highest BCUT2D eigenvalue weighted by Gasteiger charge is 2.30. The predicted octanol–water partition coefficient (Wildman–Crippen LogP) is 5.55. The smallest absolute Gasteiger partial charge is 0.294 e. The molecule has 110 valence electrons. The first-order chi connectivity index (χ1) is 9.77. The molecule has 0 heterocycles. The molecule has 0 unspecified atom stereocenters. The number of halogens is 5. The third-order valence-corrected chi connectivity index (χ3v) is 3.70. The second-order valence-electron chi connectivity index (χ2n) is 4.42. The van der Waals surface area contributed by atoms with Crippen LogP contribution in [0.15, 0.2) is 46.9 Å². The van der Waals surface area contributed by atoms with Gasteiger partial charge in [-0.3, -0.25) is 4.79 Å². The zero-order valence-corrected chi connectivity index (χ0v) is 12.9. The fourth-order valence-corrected chi connectivity index (χ4v) is 2.39. The molecule has 0 aliphatic rings. The molecule has 0 amide bonds. The van der Waals surface area contributed by atoms with Gasteiger partial charge in [-0.1, -0.05) is 39.7 Å². The van der Waals surface area contributed by atoms with E-state index in [0.717, 1.165) is 12.1 Å². The van der Waals surface area contributed by atoms with Gasteiger partial charge in [0.2, 0.25) is 0 Å². The number of ketones is 1. The van der Waals surface area contributed by atoms with Crippen LogP contribution in [0.25, 0.3) is 0 Å². The van der Waals surface area contributed by atoms with Gasteiger partial charge in [0.1, 0.15) is 0 Å². The fourth-order valence-electron chi connectivity index (χ4n) is 1.80. The fraction of sp³-hybridized carbons (Fsp3) is 0.133. The summed E-state index contributed by atoms with van der Waals surface area (Å²) in [4.78, 5) is 12.1. The zero-order chi connectivity index (χ0) is 15.6. The van der Waals surface area contributed by atoms with Gasteiger partial charge in [0, 0.05) is 16.5 Å². The molecule has 0 spiro atoms. The van der Waals surface area contributed by atoms with Crippen LogP contribution in [0.2, 0.25) is 5.02 Å². The van der Waals surface area contributed by atoms with Gasteiger partial charge in [0.25, 0.3) is 0 Å². The quantitative estimate of drug-likeness (QED) is 0.641. The number of carbonyl (C=O) groups excluding carboxylic acids is 1. The van der Waals surface area contributed by atoms with E-state index in [2.05, 4.69) is 15.9 Å². The van der Waals surface area contributed by atoms with E-state index in [-0.39, 0.29) is 12.2 Å². The molecule has 1 nitrogen and oxygen atoms in total. The monoisotopic (exact) mass is 376 g/mol. The molecule has 0 bridgehead atoms. The minimum absolute atomic E-state index is 0.00564. The van der Waals surface area contributed by atoms with E-state index in [1.54, 1.807) is 18.2 Å². The first kappa shape index (κ1) is 16.0. The maximum absolute atomic E-state index is 12.5. The van der Waals surface area contributed by atoms with Crippen LogP contribution in [0, 0.1) is 0 Å². The highest BCUT2D eigenvalue weighted by molar-refractivity contribution is 9.10. The molecule has 0 N–H and O–H groups in total. The highest BCUT2D eigenvalue weighted by Crippen LogP contribution is 2.29. The Morgan fingerprint density at radius 3 is 2.29 bits per heavy atom. The average molecular weight is 378 g/mol. The third-order valence-electron chi connectivity index (χ3n) is 2.87. The van der Waals surface area contributed by atoms with Crippen molar-refractivity contribution >= 4 is 33.3 Å². The lowest BCUT2D eigenvalue weighted by Crippen LogP contribution is -2.07. The molecule has 0 saturated carbocycles. The lowest BCUT2D eigenvalue weighted by atomic mass is 10.0. The van der Waals surface area contributed by atoms with Crippen LogP contribution in [0.3, 0.4) is 0 Å². The van der Waals surface area contributed by atoms with Crippen molar-refractivity contribution in [2.24, 2.45) is 0 Å². The van der Waals surface area contributed by atoms with Crippen molar-refractivity contribution in [2.75, 3.05) is 0 Å². The average Bonchev–Trinajstić information content (AvgIpc) is 2.41. The molecule has 21 heavy (non-hydrogen) atoms. The molecule has 6 heteroatoms. The number of alkyl halides is 3. The van der Waals surface area contributed by atoms with Crippen LogP contribution in [0.1, 0.15) is 21.5 Å². The minimum atomic E-state index is -4.38. The van der Waals surface area contributed by atoms with Crippen LogP contribution < -0.4 is 0 Å². The molecular weight excluding hydrogens is 369 g/mol. The number of carbonyl (C=O) groups is 1. The molecule has 0 saturated heterocycles. The van der Waals surface area contributed by atoms with Gasteiger partial charge in [0.15, 0.2) is 5.78 Å². The van der Waals surface area contributed by atoms with Gasteiger partial charge >= 0.3 is 6.18 Å². The molecule has 0 aliphatic heterocycles. The number of rotatable bonds is 3. The van der Waals surface area contributed by atoms with E-state index in [9.17, 15) is 18.0 Å². The molecule has 2 rings (SSSR count). The summed E-state index contributed by atoms with van der Waals surface area (Å²) < 4.78 is 38.1. The van der Waals surface area contributed by atoms with E-state index in [0.29, 0.717) is 20.6 Å². The van der Waals surface area contributed by atoms with E-state index in [1.165, 1.54) is 12.1 Å². The second-order valence-corrected chi connectivity index (χ2v) is 5.74. The summed E-state index contributed by atoms with van der Waals surface area (Å²) >= 11 is 9.20. The Bertz CT molecular complexity index is 666. The first-order valence-corrected chi connectivity index (χ1v) is 7.09. The standard InChI is InChI=1S/C15H9BrClF3O/c16-11-5-6-13(17)12(8-11)14(21)7-9-1-3-10(4-2-9)15(18,19)20/h1-6,8H,7H2. The topological polar surface area (TPSA) is 17.1 Å². The number of benzene rings is 2. The molecule has 0 atom stereocenters. The van der Waals surface area contributed by atoms with Gasteiger partial charge in [-0.15, -0.1) is 0 Å². The highest BCUT2D eigenvalue weighted by atomic mass is 79.9.